The zero-order valence-corrected chi connectivity index (χ0v) is 12.4. The SMILES string of the molecule is CS(=O)(=O)NCCCNCCCCc1ccccc1. The van der Waals surface area contributed by atoms with E-state index in [1.165, 1.54) is 18.2 Å². The lowest BCUT2D eigenvalue weighted by Crippen LogP contribution is -2.26. The largest absolute Gasteiger partial charge is 0.317 e. The van der Waals surface area contributed by atoms with E-state index in [0.717, 1.165) is 32.4 Å². The van der Waals surface area contributed by atoms with E-state index in [1.807, 2.05) is 6.07 Å². The molecular weight excluding hydrogens is 260 g/mol. The third-order valence-electron chi connectivity index (χ3n) is 2.81. The molecule has 0 aliphatic carbocycles. The van der Waals surface area contributed by atoms with Gasteiger partial charge in [0.05, 0.1) is 6.26 Å². The molecule has 1 rings (SSSR count). The summed E-state index contributed by atoms with van der Waals surface area (Å²) in [5.41, 5.74) is 1.39. The number of hydrogen-bond donors (Lipinski definition) is 2. The molecule has 0 unspecified atom stereocenters. The topological polar surface area (TPSA) is 58.2 Å². The van der Waals surface area contributed by atoms with Crippen molar-refractivity contribution in [3.63, 3.8) is 0 Å². The van der Waals surface area contributed by atoms with Gasteiger partial charge in [0.15, 0.2) is 0 Å². The van der Waals surface area contributed by atoms with Crippen LogP contribution in [-0.4, -0.2) is 34.3 Å². The Morgan fingerprint density at radius 3 is 2.32 bits per heavy atom. The highest BCUT2D eigenvalue weighted by molar-refractivity contribution is 7.88. The third kappa shape index (κ3) is 9.64. The highest BCUT2D eigenvalue weighted by Crippen LogP contribution is 2.03. The average molecular weight is 284 g/mol. The molecule has 0 saturated carbocycles. The summed E-state index contributed by atoms with van der Waals surface area (Å²) in [5, 5.41) is 3.32. The number of nitrogens with one attached hydrogen (secondary N) is 2. The Hall–Kier alpha value is -0.910. The second-order valence-corrected chi connectivity index (χ2v) is 6.55. The average Bonchev–Trinajstić information content (AvgIpc) is 2.37. The molecule has 1 aromatic carbocycles. The molecule has 0 heterocycles. The highest BCUT2D eigenvalue weighted by atomic mass is 32.2. The second-order valence-electron chi connectivity index (χ2n) is 4.71. The summed E-state index contributed by atoms with van der Waals surface area (Å²) in [6, 6.07) is 10.5. The minimum absolute atomic E-state index is 0.510. The van der Waals surface area contributed by atoms with Crippen LogP contribution in [0.2, 0.25) is 0 Å². The zero-order chi connectivity index (χ0) is 14.0. The van der Waals surface area contributed by atoms with Gasteiger partial charge in [-0.15, -0.1) is 0 Å². The van der Waals surface area contributed by atoms with Crippen LogP contribution < -0.4 is 10.0 Å². The minimum Gasteiger partial charge on any atom is -0.317 e. The lowest BCUT2D eigenvalue weighted by atomic mass is 10.1. The molecule has 0 amide bonds. The Kier molecular flexibility index (Phi) is 7.70. The molecule has 4 nitrogen and oxygen atoms in total. The first kappa shape index (κ1) is 16.1. The number of sulfonamides is 1. The molecule has 0 atom stereocenters. The summed E-state index contributed by atoms with van der Waals surface area (Å²) in [7, 11) is -3.03. The monoisotopic (exact) mass is 284 g/mol. The molecule has 0 aromatic heterocycles. The van der Waals surface area contributed by atoms with Gasteiger partial charge in [-0.3, -0.25) is 0 Å². The fourth-order valence-electron chi connectivity index (χ4n) is 1.82. The van der Waals surface area contributed by atoms with Crippen molar-refractivity contribution in [3.8, 4) is 0 Å². The maximum atomic E-state index is 10.8. The van der Waals surface area contributed by atoms with Crippen LogP contribution in [0.4, 0.5) is 0 Å². The molecule has 0 aliphatic rings. The van der Waals surface area contributed by atoms with E-state index in [-0.39, 0.29) is 0 Å². The molecule has 1 aromatic rings. The van der Waals surface area contributed by atoms with Crippen molar-refractivity contribution in [3.05, 3.63) is 35.9 Å². The number of unbranched alkanes of at least 4 members (excludes halogenated alkanes) is 1. The normalized spacial score (nSPS) is 11.6. The molecule has 0 bridgehead atoms. The van der Waals surface area contributed by atoms with Gasteiger partial charge >= 0.3 is 0 Å². The molecule has 0 fully saturated rings. The van der Waals surface area contributed by atoms with Crippen molar-refractivity contribution in [1.29, 1.82) is 0 Å². The maximum absolute atomic E-state index is 10.8. The number of benzene rings is 1. The van der Waals surface area contributed by atoms with Gasteiger partial charge in [-0.05, 0) is 44.3 Å². The molecular formula is C14H24N2O2S. The molecule has 0 spiro atoms. The molecule has 2 N–H and O–H groups in total. The molecule has 0 radical (unpaired) electrons. The zero-order valence-electron chi connectivity index (χ0n) is 11.6. The fourth-order valence-corrected chi connectivity index (χ4v) is 2.33. The Morgan fingerprint density at radius 2 is 1.63 bits per heavy atom. The van der Waals surface area contributed by atoms with Crippen molar-refractivity contribution in [2.75, 3.05) is 25.9 Å². The first-order valence-electron chi connectivity index (χ1n) is 6.77. The highest BCUT2D eigenvalue weighted by Gasteiger charge is 1.98. The molecule has 19 heavy (non-hydrogen) atoms. The Bertz CT molecular complexity index is 432. The van der Waals surface area contributed by atoms with Gasteiger partial charge in [-0.2, -0.15) is 0 Å². The summed E-state index contributed by atoms with van der Waals surface area (Å²) in [6.07, 6.45) is 5.46. The van der Waals surface area contributed by atoms with E-state index >= 15 is 0 Å². The summed E-state index contributed by atoms with van der Waals surface area (Å²) in [5.74, 6) is 0. The summed E-state index contributed by atoms with van der Waals surface area (Å²) in [4.78, 5) is 0. The van der Waals surface area contributed by atoms with Gasteiger partial charge in [0.25, 0.3) is 0 Å². The van der Waals surface area contributed by atoms with Crippen LogP contribution in [0.15, 0.2) is 30.3 Å². The second kappa shape index (κ2) is 9.07. The van der Waals surface area contributed by atoms with Crippen molar-refractivity contribution >= 4 is 10.0 Å². The third-order valence-corrected chi connectivity index (χ3v) is 3.53. The summed E-state index contributed by atoms with van der Waals surface area (Å²) < 4.78 is 24.1. The van der Waals surface area contributed by atoms with E-state index < -0.39 is 10.0 Å². The van der Waals surface area contributed by atoms with Crippen LogP contribution in [0.3, 0.4) is 0 Å². The molecule has 0 saturated heterocycles. The van der Waals surface area contributed by atoms with Gasteiger partial charge in [0, 0.05) is 6.54 Å². The first-order valence-corrected chi connectivity index (χ1v) is 8.66. The Morgan fingerprint density at radius 1 is 0.947 bits per heavy atom. The lowest BCUT2D eigenvalue weighted by molar-refractivity contribution is 0.573. The van der Waals surface area contributed by atoms with Crippen LogP contribution >= 0.6 is 0 Å². The van der Waals surface area contributed by atoms with Crippen LogP contribution in [0.25, 0.3) is 0 Å². The smallest absolute Gasteiger partial charge is 0.208 e. The van der Waals surface area contributed by atoms with E-state index in [0.29, 0.717) is 6.54 Å². The van der Waals surface area contributed by atoms with Gasteiger partial charge in [-0.1, -0.05) is 30.3 Å². The van der Waals surface area contributed by atoms with E-state index in [4.69, 9.17) is 0 Å². The summed E-state index contributed by atoms with van der Waals surface area (Å²) in [6.45, 7) is 2.36. The van der Waals surface area contributed by atoms with E-state index in [1.54, 1.807) is 0 Å². The predicted octanol–water partition coefficient (Wildman–Crippen LogP) is 1.54. The van der Waals surface area contributed by atoms with Gasteiger partial charge in [-0.25, -0.2) is 13.1 Å². The van der Waals surface area contributed by atoms with Crippen LogP contribution in [-0.2, 0) is 16.4 Å². The van der Waals surface area contributed by atoms with Crippen molar-refractivity contribution in [2.24, 2.45) is 0 Å². The number of hydrogen-bond acceptors (Lipinski definition) is 3. The minimum atomic E-state index is -3.03. The lowest BCUT2D eigenvalue weighted by Gasteiger charge is -2.05. The number of aryl methyl sites for hydroxylation is 1. The van der Waals surface area contributed by atoms with Gasteiger partial charge in [0.2, 0.25) is 10.0 Å². The van der Waals surface area contributed by atoms with Crippen LogP contribution in [0.5, 0.6) is 0 Å². The maximum Gasteiger partial charge on any atom is 0.208 e. The van der Waals surface area contributed by atoms with Crippen LogP contribution in [0.1, 0.15) is 24.8 Å². The fraction of sp³-hybridized carbons (Fsp3) is 0.571. The standard InChI is InChI=1S/C14H24N2O2S/c1-19(17,18)16-13-7-12-15-11-6-5-10-14-8-3-2-4-9-14/h2-4,8-9,15-16H,5-7,10-13H2,1H3. The number of rotatable bonds is 10. The predicted molar refractivity (Wildman–Crippen MR) is 79.7 cm³/mol. The van der Waals surface area contributed by atoms with Gasteiger partial charge in [0.1, 0.15) is 0 Å². The molecule has 5 heteroatoms. The van der Waals surface area contributed by atoms with E-state index in [9.17, 15) is 8.42 Å². The van der Waals surface area contributed by atoms with Crippen molar-refractivity contribution in [2.45, 2.75) is 25.7 Å². The Labute approximate surface area is 116 Å². The quantitative estimate of drug-likeness (QED) is 0.641. The van der Waals surface area contributed by atoms with Crippen molar-refractivity contribution in [1.82, 2.24) is 10.0 Å². The first-order chi connectivity index (χ1) is 9.08. The van der Waals surface area contributed by atoms with E-state index in [2.05, 4.69) is 34.3 Å². The van der Waals surface area contributed by atoms with Crippen LogP contribution in [0, 0.1) is 0 Å². The Balaban J connectivity index is 1.89. The molecule has 0 aliphatic heterocycles. The van der Waals surface area contributed by atoms with Gasteiger partial charge < -0.3 is 5.32 Å². The van der Waals surface area contributed by atoms with Crippen molar-refractivity contribution < 1.29 is 8.42 Å². The summed E-state index contributed by atoms with van der Waals surface area (Å²) >= 11 is 0. The molecule has 108 valence electrons.